The zero-order valence-corrected chi connectivity index (χ0v) is 16.4. The maximum Gasteiger partial charge on any atom is 0.367 e. The van der Waals surface area contributed by atoms with Crippen LogP contribution in [0.4, 0.5) is 4.39 Å². The summed E-state index contributed by atoms with van der Waals surface area (Å²) in [6.45, 7) is 8.84. The number of halogens is 1. The molecule has 1 aliphatic carbocycles. The molecule has 0 radical (unpaired) electrons. The lowest BCUT2D eigenvalue weighted by atomic mass is 9.89. The first-order chi connectivity index (χ1) is 12.3. The summed E-state index contributed by atoms with van der Waals surface area (Å²) < 4.78 is 21.2. The Kier molecular flexibility index (Phi) is 5.29. The van der Waals surface area contributed by atoms with E-state index in [1.54, 1.807) is 57.6 Å². The Hall–Kier alpha value is -2.55. The summed E-state index contributed by atoms with van der Waals surface area (Å²) in [5.74, 6) is -1.27. The van der Waals surface area contributed by atoms with Crippen LogP contribution in [0, 0.1) is 29.1 Å². The molecule has 1 saturated carbocycles. The van der Waals surface area contributed by atoms with Gasteiger partial charge in [-0.25, -0.2) is 4.79 Å². The van der Waals surface area contributed by atoms with Crippen molar-refractivity contribution in [3.63, 3.8) is 0 Å². The Labute approximate surface area is 159 Å². The van der Waals surface area contributed by atoms with Gasteiger partial charge in [0.1, 0.15) is 5.60 Å². The molecule has 0 spiro atoms. The lowest BCUT2D eigenvalue weighted by Gasteiger charge is -2.18. The van der Waals surface area contributed by atoms with Crippen LogP contribution in [0.2, 0.25) is 0 Å². The van der Waals surface area contributed by atoms with Gasteiger partial charge in [-0.05, 0) is 50.3 Å². The van der Waals surface area contributed by atoms with Gasteiger partial charge in [0.2, 0.25) is 5.83 Å². The number of ether oxygens (including phenoxy) is 1. The van der Waals surface area contributed by atoms with Gasteiger partial charge >= 0.3 is 11.9 Å². The molecule has 2 atom stereocenters. The Morgan fingerprint density at radius 3 is 2.59 bits per heavy atom. The fourth-order valence-corrected chi connectivity index (χ4v) is 3.73. The first-order valence-electron chi connectivity index (χ1n) is 8.77. The number of esters is 1. The number of carbonyl (C=O) groups is 2. The molecule has 1 aliphatic rings. The highest BCUT2D eigenvalue weighted by molar-refractivity contribution is 5.88. The van der Waals surface area contributed by atoms with E-state index < -0.39 is 40.1 Å². The van der Waals surface area contributed by atoms with Crippen molar-refractivity contribution in [3.05, 3.63) is 35.9 Å². The van der Waals surface area contributed by atoms with Crippen molar-refractivity contribution >= 4 is 11.9 Å². The van der Waals surface area contributed by atoms with Crippen molar-refractivity contribution in [2.75, 3.05) is 0 Å². The smallest absolute Gasteiger partial charge is 0.367 e. The Balaban J connectivity index is 2.28. The van der Waals surface area contributed by atoms with Crippen LogP contribution in [0.25, 0.3) is 0 Å². The Morgan fingerprint density at radius 1 is 1.44 bits per heavy atom. The predicted molar refractivity (Wildman–Crippen MR) is 99.3 cm³/mol. The molecule has 6 heteroatoms. The van der Waals surface area contributed by atoms with Gasteiger partial charge in [0.15, 0.2) is 0 Å². The first kappa shape index (κ1) is 20.8. The number of nitrogens with zero attached hydrogens (tertiary/aromatic N) is 1. The maximum absolute atomic E-state index is 14.4. The number of terminal acetylenes is 1. The number of hydrogen-bond acceptors (Lipinski definition) is 3. The van der Waals surface area contributed by atoms with Crippen LogP contribution in [-0.4, -0.2) is 27.2 Å². The fourth-order valence-electron chi connectivity index (χ4n) is 3.73. The number of aromatic nitrogens is 1. The number of carboxylic acid groups (broad SMARTS) is 1. The van der Waals surface area contributed by atoms with Gasteiger partial charge in [-0.3, -0.25) is 4.79 Å². The number of rotatable bonds is 6. The SMILES string of the molecule is C#CCn1ccc(C[C@@]2(C(=O)O)[C@H](C=C(F)C(=O)OC(C)(C)C)C2(C)C)c1. The highest BCUT2D eigenvalue weighted by Crippen LogP contribution is 2.71. The fraction of sp³-hybridized carbons (Fsp3) is 0.524. The summed E-state index contributed by atoms with van der Waals surface area (Å²) in [5, 5.41) is 9.91. The van der Waals surface area contributed by atoms with E-state index >= 15 is 0 Å². The van der Waals surface area contributed by atoms with Crippen molar-refractivity contribution in [2.45, 2.75) is 53.2 Å². The van der Waals surface area contributed by atoms with E-state index in [2.05, 4.69) is 5.92 Å². The van der Waals surface area contributed by atoms with Crippen LogP contribution < -0.4 is 0 Å². The number of carbonyl (C=O) groups excluding carboxylic acids is 1. The number of carboxylic acids is 1. The van der Waals surface area contributed by atoms with E-state index in [1.165, 1.54) is 0 Å². The lowest BCUT2D eigenvalue weighted by Crippen LogP contribution is -2.25. The van der Waals surface area contributed by atoms with Crippen molar-refractivity contribution in [3.8, 4) is 12.3 Å². The molecule has 1 N–H and O–H groups in total. The molecule has 2 rings (SSSR count). The highest BCUT2D eigenvalue weighted by Gasteiger charge is 2.74. The van der Waals surface area contributed by atoms with Crippen molar-refractivity contribution in [2.24, 2.45) is 16.7 Å². The molecular weight excluding hydrogens is 349 g/mol. The van der Waals surface area contributed by atoms with E-state index in [9.17, 15) is 19.1 Å². The first-order valence-corrected chi connectivity index (χ1v) is 8.77. The van der Waals surface area contributed by atoms with Gasteiger partial charge in [-0.1, -0.05) is 19.8 Å². The van der Waals surface area contributed by atoms with Crippen molar-refractivity contribution in [1.29, 1.82) is 0 Å². The second-order valence-electron chi connectivity index (χ2n) is 8.57. The van der Waals surface area contributed by atoms with Gasteiger partial charge in [0, 0.05) is 18.3 Å². The van der Waals surface area contributed by atoms with Crippen LogP contribution in [0.3, 0.4) is 0 Å². The predicted octanol–water partition coefficient (Wildman–Crippen LogP) is 3.59. The maximum atomic E-state index is 14.4. The second-order valence-corrected chi connectivity index (χ2v) is 8.57. The number of aliphatic carboxylic acids is 1. The molecule has 1 fully saturated rings. The highest BCUT2D eigenvalue weighted by atomic mass is 19.1. The van der Waals surface area contributed by atoms with Crippen LogP contribution in [0.1, 0.15) is 40.2 Å². The second kappa shape index (κ2) is 6.88. The molecule has 1 aromatic rings. The minimum atomic E-state index is -1.20. The average molecular weight is 375 g/mol. The Morgan fingerprint density at radius 2 is 2.07 bits per heavy atom. The standard InChI is InChI=1S/C21H26FNO4/c1-7-9-23-10-8-14(13-23)12-21(18(25)26)16(20(21,5)6)11-15(22)17(24)27-19(2,3)4/h1,8,10-11,13,16H,9,12H2,2-6H3,(H,25,26)/t16-,21+/m1/s1. The number of allylic oxidation sites excluding steroid dienone is 1. The molecule has 0 aromatic carbocycles. The lowest BCUT2D eigenvalue weighted by molar-refractivity contribution is -0.152. The minimum absolute atomic E-state index is 0.218. The summed E-state index contributed by atoms with van der Waals surface area (Å²) in [4.78, 5) is 24.0. The molecule has 0 saturated heterocycles. The third-order valence-electron chi connectivity index (χ3n) is 5.23. The van der Waals surface area contributed by atoms with E-state index in [-0.39, 0.29) is 6.42 Å². The number of hydrogen-bond donors (Lipinski definition) is 1. The van der Waals surface area contributed by atoms with Crippen molar-refractivity contribution in [1.82, 2.24) is 4.57 Å². The van der Waals surface area contributed by atoms with Gasteiger partial charge in [-0.15, -0.1) is 6.42 Å². The van der Waals surface area contributed by atoms with E-state index in [4.69, 9.17) is 11.2 Å². The van der Waals surface area contributed by atoms with Crippen LogP contribution in [0.15, 0.2) is 30.4 Å². The molecule has 0 aliphatic heterocycles. The summed E-state index contributed by atoms with van der Waals surface area (Å²) in [5.41, 5.74) is -1.94. The quantitative estimate of drug-likeness (QED) is 0.469. The minimum Gasteiger partial charge on any atom is -0.481 e. The summed E-state index contributed by atoms with van der Waals surface area (Å²) >= 11 is 0. The third-order valence-corrected chi connectivity index (χ3v) is 5.23. The third kappa shape index (κ3) is 3.92. The van der Waals surface area contributed by atoms with Crippen LogP contribution >= 0.6 is 0 Å². The summed E-state index contributed by atoms with van der Waals surface area (Å²) in [6.07, 6.45) is 10.2. The van der Waals surface area contributed by atoms with Gasteiger partial charge in [-0.2, -0.15) is 4.39 Å². The van der Waals surface area contributed by atoms with Crippen molar-refractivity contribution < 1.29 is 23.8 Å². The van der Waals surface area contributed by atoms with E-state index in [0.29, 0.717) is 6.54 Å². The van der Waals surface area contributed by atoms with Crippen LogP contribution in [0.5, 0.6) is 0 Å². The topological polar surface area (TPSA) is 68.5 Å². The molecule has 27 heavy (non-hydrogen) atoms. The summed E-state index contributed by atoms with van der Waals surface area (Å²) in [6, 6.07) is 1.81. The summed E-state index contributed by atoms with van der Waals surface area (Å²) in [7, 11) is 0. The normalized spacial score (nSPS) is 24.2. The molecule has 1 aromatic heterocycles. The molecule has 5 nitrogen and oxygen atoms in total. The molecule has 146 valence electrons. The zero-order chi connectivity index (χ0) is 20.6. The van der Waals surface area contributed by atoms with Crippen LogP contribution in [-0.2, 0) is 27.3 Å². The average Bonchev–Trinajstić information content (AvgIpc) is 2.83. The molecule has 0 bridgehead atoms. The molecule has 1 heterocycles. The molecule has 0 unspecified atom stereocenters. The van der Waals surface area contributed by atoms with E-state index in [0.717, 1.165) is 11.6 Å². The molecule has 0 amide bonds. The monoisotopic (exact) mass is 375 g/mol. The van der Waals surface area contributed by atoms with Gasteiger partial charge < -0.3 is 14.4 Å². The van der Waals surface area contributed by atoms with Gasteiger partial charge in [0.25, 0.3) is 0 Å². The molecular formula is C21H26FNO4. The van der Waals surface area contributed by atoms with Gasteiger partial charge in [0.05, 0.1) is 12.0 Å². The zero-order valence-electron chi connectivity index (χ0n) is 16.4. The Bertz CT molecular complexity index is 822. The largest absolute Gasteiger partial charge is 0.481 e. The van der Waals surface area contributed by atoms with E-state index in [1.807, 2.05) is 0 Å².